The van der Waals surface area contributed by atoms with Crippen LogP contribution in [0.15, 0.2) is 105 Å². The second-order valence-corrected chi connectivity index (χ2v) is 16.4. The first-order valence-electron chi connectivity index (χ1n) is 13.9. The van der Waals surface area contributed by atoms with E-state index in [0.29, 0.717) is 38.6 Å². The first-order chi connectivity index (χ1) is 23.8. The third kappa shape index (κ3) is 8.52. The third-order valence-electron chi connectivity index (χ3n) is 7.30. The molecule has 0 radical (unpaired) electrons. The van der Waals surface area contributed by atoms with Gasteiger partial charge in [-0.15, -0.1) is 0 Å². The Morgan fingerprint density at radius 2 is 0.962 bits per heavy atom. The number of hydrogen-bond acceptors (Lipinski definition) is 14. The third-order valence-corrected chi connectivity index (χ3v) is 10.9. The minimum Gasteiger partial charge on any atom is -0.505 e. The number of phenols is 1. The Hall–Kier alpha value is -5.46. The summed E-state index contributed by atoms with van der Waals surface area (Å²) in [6.45, 7) is 0. The molecule has 22 heteroatoms. The highest BCUT2D eigenvalue weighted by molar-refractivity contribution is 7.86. The highest BCUT2D eigenvalue weighted by Crippen LogP contribution is 2.39. The van der Waals surface area contributed by atoms with Gasteiger partial charge in [0.15, 0.2) is 0 Å². The van der Waals surface area contributed by atoms with E-state index in [1.165, 1.54) is 24.3 Å². The van der Waals surface area contributed by atoms with Crippen LogP contribution in [-0.2, 0) is 40.5 Å². The van der Waals surface area contributed by atoms with E-state index in [4.69, 9.17) is 46.9 Å². The molecule has 18 nitrogen and oxygen atoms in total. The Bertz CT molecular complexity index is 2860. The minimum absolute atomic E-state index is 0.0372. The Kier molecular flexibility index (Phi) is 10.5. The monoisotopic (exact) mass is 795 g/mol. The molecule has 0 spiro atoms. The molecule has 0 amide bonds. The molecule has 6 aromatic carbocycles. The number of benzene rings is 6. The van der Waals surface area contributed by atoms with Gasteiger partial charge >= 0.3 is 0 Å². The molecule has 0 saturated carbocycles. The zero-order valence-corrected chi connectivity index (χ0v) is 29.4. The van der Waals surface area contributed by atoms with Crippen LogP contribution in [0.4, 0.5) is 28.4 Å². The molecular weight excluding hydrogens is 767 g/mol. The van der Waals surface area contributed by atoms with Crippen molar-refractivity contribution >= 4 is 101 Å². The van der Waals surface area contributed by atoms with Gasteiger partial charge in [0, 0.05) is 38.6 Å². The second kappa shape index (κ2) is 13.9. The lowest BCUT2D eigenvalue weighted by molar-refractivity contribution is 0.473. The average molecular weight is 796 g/mol. The fourth-order valence-corrected chi connectivity index (χ4v) is 7.39. The van der Waals surface area contributed by atoms with Crippen LogP contribution < -0.4 is 28.7 Å². The normalized spacial score (nSPS) is 12.2. The standard InChI is InChI=1S/C10H10N2O7S2.C10H10N2O3S.C10H9NO3S/c11-6-3-5-4(1-7(6)20(14,15)16)2-8(21(17,18)19)9(12)10(5)13;11-9-3-4-10(12)8-5-6(16(13,14)15)1-2-7(8)9;11-8-4-5-9-7(6-8)2-1-3-10(9)15(12,13)14/h1-3,13H,11-12H2,(H,14,15,16)(H,17,18,19);1-5H,11-12H2,(H,13,14,15);1-6H,11H2,(H,12,13,14). The molecule has 6 rings (SSSR count). The van der Waals surface area contributed by atoms with Crippen molar-refractivity contribution in [2.24, 2.45) is 0 Å². The van der Waals surface area contributed by atoms with E-state index in [1.54, 1.807) is 42.5 Å². The molecule has 0 heterocycles. The Balaban J connectivity index is 0.000000178. The largest absolute Gasteiger partial charge is 0.505 e. The van der Waals surface area contributed by atoms with Crippen molar-refractivity contribution < 1.29 is 57.0 Å². The predicted octanol–water partition coefficient (Wildman–Crippen LogP) is 3.12. The molecule has 0 aliphatic rings. The van der Waals surface area contributed by atoms with Crippen molar-refractivity contribution in [3.05, 3.63) is 84.9 Å². The number of fused-ring (bicyclic) bond motifs is 3. The zero-order valence-electron chi connectivity index (χ0n) is 26.1. The van der Waals surface area contributed by atoms with Gasteiger partial charge in [-0.1, -0.05) is 24.3 Å². The summed E-state index contributed by atoms with van der Waals surface area (Å²) >= 11 is 0. The highest BCUT2D eigenvalue weighted by atomic mass is 32.2. The lowest BCUT2D eigenvalue weighted by Gasteiger charge is -2.11. The zero-order chi connectivity index (χ0) is 39.1. The molecule has 6 aromatic rings. The molecule has 0 bridgehead atoms. The molecule has 0 unspecified atom stereocenters. The molecule has 0 aliphatic carbocycles. The van der Waals surface area contributed by atoms with E-state index < -0.39 is 61.7 Å². The van der Waals surface area contributed by atoms with E-state index >= 15 is 0 Å². The van der Waals surface area contributed by atoms with Crippen LogP contribution in [0.2, 0.25) is 0 Å². The van der Waals surface area contributed by atoms with Gasteiger partial charge in [-0.2, -0.15) is 33.7 Å². The van der Waals surface area contributed by atoms with Crippen LogP contribution in [0.3, 0.4) is 0 Å². The van der Waals surface area contributed by atoms with E-state index in [0.717, 1.165) is 18.2 Å². The van der Waals surface area contributed by atoms with Gasteiger partial charge in [-0.3, -0.25) is 18.2 Å². The van der Waals surface area contributed by atoms with Crippen LogP contribution in [0.25, 0.3) is 32.3 Å². The van der Waals surface area contributed by atoms with Crippen molar-refractivity contribution in [2.75, 3.05) is 28.7 Å². The molecule has 0 saturated heterocycles. The van der Waals surface area contributed by atoms with Crippen LogP contribution >= 0.6 is 0 Å². The molecule has 276 valence electrons. The number of rotatable bonds is 4. The summed E-state index contributed by atoms with van der Waals surface area (Å²) in [6, 6.07) is 19.5. The maximum atomic E-state index is 11.2. The maximum Gasteiger partial charge on any atom is 0.296 e. The smallest absolute Gasteiger partial charge is 0.296 e. The predicted molar refractivity (Wildman–Crippen MR) is 195 cm³/mol. The number of aromatic hydroxyl groups is 1. The van der Waals surface area contributed by atoms with Gasteiger partial charge in [0.05, 0.1) is 16.3 Å². The number of phenolic OH excluding ortho intramolecular Hbond substituents is 1. The van der Waals surface area contributed by atoms with E-state index in [-0.39, 0.29) is 26.3 Å². The SMILES string of the molecule is Nc1cc2c(O)c(N)c(S(=O)(=O)O)cc2cc1S(=O)(=O)O.Nc1ccc(N)c2cc(S(=O)(=O)O)ccc12.Nc1ccc2c(S(=O)(=O)O)cccc2c1. The molecule has 0 aliphatic heterocycles. The lowest BCUT2D eigenvalue weighted by atomic mass is 10.1. The average Bonchev–Trinajstić information content (AvgIpc) is 3.02. The summed E-state index contributed by atoms with van der Waals surface area (Å²) < 4.78 is 125. The molecule has 52 heavy (non-hydrogen) atoms. The topological polar surface area (TPSA) is 368 Å². The quantitative estimate of drug-likeness (QED) is 0.0695. The minimum atomic E-state index is -4.73. The summed E-state index contributed by atoms with van der Waals surface area (Å²) in [5.74, 6) is -0.686. The molecule has 0 fully saturated rings. The fourth-order valence-electron chi connectivity index (χ4n) is 4.89. The van der Waals surface area contributed by atoms with Crippen molar-refractivity contribution in [1.82, 2.24) is 0 Å². The van der Waals surface area contributed by atoms with Gasteiger partial charge < -0.3 is 33.8 Å². The molecular formula is C30H29N5O13S4. The number of nitrogen functional groups attached to an aromatic ring is 5. The number of hydrogen-bond donors (Lipinski definition) is 10. The highest BCUT2D eigenvalue weighted by Gasteiger charge is 2.22. The van der Waals surface area contributed by atoms with Crippen LogP contribution in [0, 0.1) is 0 Å². The number of anilines is 5. The first-order valence-corrected chi connectivity index (χ1v) is 19.7. The maximum absolute atomic E-state index is 11.2. The van der Waals surface area contributed by atoms with Crippen LogP contribution in [0.1, 0.15) is 0 Å². The Morgan fingerprint density at radius 1 is 0.423 bits per heavy atom. The van der Waals surface area contributed by atoms with Gasteiger partial charge in [0.2, 0.25) is 0 Å². The van der Waals surface area contributed by atoms with Crippen molar-refractivity contribution in [1.29, 1.82) is 0 Å². The summed E-state index contributed by atoms with van der Waals surface area (Å²) in [5.41, 5.74) is 28.4. The molecule has 0 atom stereocenters. The van der Waals surface area contributed by atoms with Gasteiger partial charge in [-0.25, -0.2) is 0 Å². The second-order valence-electron chi connectivity index (χ2n) is 10.8. The van der Waals surface area contributed by atoms with E-state index in [2.05, 4.69) is 0 Å². The first kappa shape index (κ1) is 39.3. The van der Waals surface area contributed by atoms with E-state index in [1.807, 2.05) is 0 Å². The van der Waals surface area contributed by atoms with Crippen molar-refractivity contribution in [2.45, 2.75) is 19.6 Å². The molecule has 15 N–H and O–H groups in total. The van der Waals surface area contributed by atoms with Gasteiger partial charge in [0.25, 0.3) is 40.5 Å². The van der Waals surface area contributed by atoms with E-state index in [9.17, 15) is 38.8 Å². The summed E-state index contributed by atoms with van der Waals surface area (Å²) in [5, 5.41) is 12.0. The van der Waals surface area contributed by atoms with Crippen LogP contribution in [0.5, 0.6) is 5.75 Å². The molecule has 0 aromatic heterocycles. The Morgan fingerprint density at radius 3 is 1.52 bits per heavy atom. The van der Waals surface area contributed by atoms with Crippen molar-refractivity contribution in [3.8, 4) is 5.75 Å². The van der Waals surface area contributed by atoms with Gasteiger partial charge in [-0.05, 0) is 71.4 Å². The van der Waals surface area contributed by atoms with Gasteiger partial charge in [0.1, 0.15) is 20.4 Å². The fraction of sp³-hybridized carbons (Fsp3) is 0. The lowest BCUT2D eigenvalue weighted by Crippen LogP contribution is -2.06. The summed E-state index contributed by atoms with van der Waals surface area (Å²) in [4.78, 5) is -1.75. The Labute approximate surface area is 296 Å². The number of nitrogens with two attached hydrogens (primary N) is 5. The summed E-state index contributed by atoms with van der Waals surface area (Å²) in [7, 11) is -17.8. The van der Waals surface area contributed by atoms with Crippen LogP contribution in [-0.4, -0.2) is 57.0 Å². The summed E-state index contributed by atoms with van der Waals surface area (Å²) in [6.07, 6.45) is 0. The van der Waals surface area contributed by atoms with Crippen molar-refractivity contribution in [3.63, 3.8) is 0 Å².